The van der Waals surface area contributed by atoms with Gasteiger partial charge >= 0.3 is 0 Å². The lowest BCUT2D eigenvalue weighted by Crippen LogP contribution is -2.49. The molecular weight excluding hydrogens is 320 g/mol. The summed E-state index contributed by atoms with van der Waals surface area (Å²) in [5, 5.41) is 3.41. The van der Waals surface area contributed by atoms with Gasteiger partial charge in [0.2, 0.25) is 5.91 Å². The minimum absolute atomic E-state index is 0.332. The number of thiazole rings is 1. The van der Waals surface area contributed by atoms with Crippen LogP contribution in [-0.2, 0) is 27.5 Å². The first-order valence-corrected chi connectivity index (χ1v) is 10.0. The first kappa shape index (κ1) is 17.4. The Labute approximate surface area is 136 Å². The van der Waals surface area contributed by atoms with Crippen LogP contribution in [0.15, 0.2) is 0 Å². The van der Waals surface area contributed by atoms with Crippen LogP contribution in [0.4, 0.5) is 0 Å². The molecule has 2 rings (SSSR count). The van der Waals surface area contributed by atoms with Crippen LogP contribution in [0.1, 0.15) is 49.2 Å². The summed E-state index contributed by atoms with van der Waals surface area (Å²) < 4.78 is 23.3. The van der Waals surface area contributed by atoms with E-state index in [-0.39, 0.29) is 5.25 Å². The molecule has 22 heavy (non-hydrogen) atoms. The minimum atomic E-state index is -3.39. The highest BCUT2D eigenvalue weighted by Gasteiger charge is 2.50. The first-order valence-electron chi connectivity index (χ1n) is 7.67. The van der Waals surface area contributed by atoms with Crippen molar-refractivity contribution in [3.05, 3.63) is 15.6 Å². The van der Waals surface area contributed by atoms with E-state index in [1.807, 2.05) is 6.92 Å². The van der Waals surface area contributed by atoms with E-state index >= 15 is 0 Å². The Morgan fingerprint density at radius 3 is 2.55 bits per heavy atom. The Hall–Kier alpha value is -0.950. The molecule has 0 atom stereocenters. The Morgan fingerprint density at radius 1 is 1.41 bits per heavy atom. The molecule has 1 aliphatic carbocycles. The molecule has 0 saturated heterocycles. The van der Waals surface area contributed by atoms with Crippen molar-refractivity contribution >= 4 is 27.1 Å². The maximum Gasteiger partial charge on any atom is 0.240 e. The van der Waals surface area contributed by atoms with Crippen molar-refractivity contribution in [1.82, 2.24) is 10.3 Å². The van der Waals surface area contributed by atoms with Crippen LogP contribution in [0.25, 0.3) is 0 Å². The van der Waals surface area contributed by atoms with Gasteiger partial charge in [0.05, 0.1) is 16.0 Å². The van der Waals surface area contributed by atoms with E-state index in [9.17, 15) is 13.2 Å². The van der Waals surface area contributed by atoms with Gasteiger partial charge in [-0.15, -0.1) is 11.3 Å². The lowest BCUT2D eigenvalue weighted by Gasteiger charge is -2.23. The van der Waals surface area contributed by atoms with Crippen molar-refractivity contribution in [3.8, 4) is 0 Å². The molecule has 124 valence electrons. The maximum absolute atomic E-state index is 12.3. The van der Waals surface area contributed by atoms with Crippen molar-refractivity contribution in [3.63, 3.8) is 0 Å². The Bertz CT molecular complexity index is 658. The molecule has 0 aliphatic heterocycles. The molecule has 7 heteroatoms. The number of hydrogen-bond acceptors (Lipinski definition) is 5. The summed E-state index contributed by atoms with van der Waals surface area (Å²) in [6, 6.07) is 0. The number of rotatable bonds is 7. The molecular formula is C15H24N2O3S2. The third kappa shape index (κ3) is 3.35. The van der Waals surface area contributed by atoms with Crippen LogP contribution in [0.2, 0.25) is 0 Å². The number of hydrogen-bond donors (Lipinski definition) is 1. The van der Waals surface area contributed by atoms with Crippen LogP contribution >= 0.6 is 11.3 Å². The molecule has 5 nitrogen and oxygen atoms in total. The van der Waals surface area contributed by atoms with Crippen molar-refractivity contribution in [1.29, 1.82) is 0 Å². The number of nitrogens with one attached hydrogen (secondary N) is 1. The van der Waals surface area contributed by atoms with E-state index in [2.05, 4.69) is 17.2 Å². The molecule has 0 unspecified atom stereocenters. The van der Waals surface area contributed by atoms with Crippen LogP contribution < -0.4 is 5.32 Å². The van der Waals surface area contributed by atoms with Gasteiger partial charge in [0, 0.05) is 17.8 Å². The van der Waals surface area contributed by atoms with Gasteiger partial charge in [0.25, 0.3) is 0 Å². The molecule has 1 aromatic rings. The molecule has 1 amide bonds. The highest BCUT2D eigenvalue weighted by atomic mass is 32.2. The number of sulfone groups is 1. The summed E-state index contributed by atoms with van der Waals surface area (Å²) >= 11 is 1.64. The zero-order chi connectivity index (χ0) is 16.5. The number of carbonyl (C=O) groups is 1. The molecule has 0 aromatic carbocycles. The van der Waals surface area contributed by atoms with Gasteiger partial charge in [-0.3, -0.25) is 4.79 Å². The Morgan fingerprint density at radius 2 is 2.05 bits per heavy atom. The summed E-state index contributed by atoms with van der Waals surface area (Å²) in [5.41, 5.74) is 1.10. The number of nitrogens with zero attached hydrogens (tertiary/aromatic N) is 1. The van der Waals surface area contributed by atoms with Gasteiger partial charge in [0.15, 0.2) is 9.84 Å². The van der Waals surface area contributed by atoms with Crippen LogP contribution in [0.3, 0.4) is 0 Å². The average Bonchev–Trinajstić information content (AvgIpc) is 3.23. The van der Waals surface area contributed by atoms with Crippen molar-refractivity contribution in [2.75, 3.05) is 6.54 Å². The van der Waals surface area contributed by atoms with E-state index in [0.29, 0.717) is 25.8 Å². The largest absolute Gasteiger partial charge is 0.354 e. The van der Waals surface area contributed by atoms with Gasteiger partial charge in [-0.2, -0.15) is 0 Å². The minimum Gasteiger partial charge on any atom is -0.354 e. The second-order valence-electron chi connectivity index (χ2n) is 6.22. The van der Waals surface area contributed by atoms with Gasteiger partial charge in [-0.05, 0) is 40.0 Å². The summed E-state index contributed by atoms with van der Waals surface area (Å²) in [7, 11) is -3.39. The van der Waals surface area contributed by atoms with Gasteiger partial charge in [-0.25, -0.2) is 13.4 Å². The summed E-state index contributed by atoms with van der Waals surface area (Å²) in [6.45, 7) is 7.53. The number of aromatic nitrogens is 1. The fourth-order valence-corrected chi connectivity index (χ4v) is 5.28. The lowest BCUT2D eigenvalue weighted by atomic mass is 10.2. The fourth-order valence-electron chi connectivity index (χ4n) is 2.34. The van der Waals surface area contributed by atoms with Gasteiger partial charge in [-0.1, -0.05) is 6.92 Å². The summed E-state index contributed by atoms with van der Waals surface area (Å²) in [5.74, 6) is -0.414. The predicted molar refractivity (Wildman–Crippen MR) is 89.0 cm³/mol. The quantitative estimate of drug-likeness (QED) is 0.821. The van der Waals surface area contributed by atoms with Crippen molar-refractivity contribution in [2.45, 2.75) is 63.4 Å². The smallest absolute Gasteiger partial charge is 0.240 e. The molecule has 1 heterocycles. The van der Waals surface area contributed by atoms with Crippen LogP contribution in [0.5, 0.6) is 0 Å². The highest BCUT2D eigenvalue weighted by molar-refractivity contribution is 7.94. The molecule has 1 aliphatic rings. The lowest BCUT2D eigenvalue weighted by molar-refractivity contribution is -0.122. The highest BCUT2D eigenvalue weighted by Crippen LogP contribution is 2.36. The van der Waals surface area contributed by atoms with Crippen LogP contribution in [0, 0.1) is 6.92 Å². The third-order valence-electron chi connectivity index (χ3n) is 4.12. The molecule has 1 aromatic heterocycles. The van der Waals surface area contributed by atoms with E-state index in [4.69, 9.17) is 0 Å². The van der Waals surface area contributed by atoms with Crippen molar-refractivity contribution < 1.29 is 13.2 Å². The zero-order valence-corrected chi connectivity index (χ0v) is 15.2. The third-order valence-corrected chi connectivity index (χ3v) is 8.15. The first-order chi connectivity index (χ1) is 10.2. The molecule has 0 bridgehead atoms. The number of carbonyl (C=O) groups excluding carboxylic acids is 1. The SMILES string of the molecule is CCc1nc(CCNC(=O)C(C)(C)S(=O)(=O)C2CC2)sc1C. The molecule has 1 N–H and O–H groups in total. The van der Waals surface area contributed by atoms with E-state index in [1.54, 1.807) is 11.3 Å². The van der Waals surface area contributed by atoms with Gasteiger partial charge in [0.1, 0.15) is 4.75 Å². The fraction of sp³-hybridized carbons (Fsp3) is 0.733. The maximum atomic E-state index is 12.3. The topological polar surface area (TPSA) is 76.1 Å². The normalized spacial score (nSPS) is 15.8. The van der Waals surface area contributed by atoms with E-state index in [0.717, 1.165) is 17.1 Å². The average molecular weight is 345 g/mol. The number of amides is 1. The van der Waals surface area contributed by atoms with Gasteiger partial charge < -0.3 is 5.32 Å². The predicted octanol–water partition coefficient (Wildman–Crippen LogP) is 2.03. The Kier molecular flexibility index (Phi) is 4.96. The molecule has 0 spiro atoms. The standard InChI is InChI=1S/C15H24N2O3S2/c1-5-12-10(2)21-13(17-12)8-9-16-14(18)15(3,4)22(19,20)11-6-7-11/h11H,5-9H2,1-4H3,(H,16,18). The number of aryl methyl sites for hydroxylation is 2. The Balaban J connectivity index is 1.92. The summed E-state index contributed by atoms with van der Waals surface area (Å²) in [6.07, 6.45) is 2.90. The second kappa shape index (κ2) is 6.28. The molecule has 1 fully saturated rings. The van der Waals surface area contributed by atoms with Crippen LogP contribution in [-0.4, -0.2) is 35.9 Å². The van der Waals surface area contributed by atoms with E-state index < -0.39 is 20.5 Å². The molecule has 0 radical (unpaired) electrons. The van der Waals surface area contributed by atoms with Crippen molar-refractivity contribution in [2.24, 2.45) is 0 Å². The monoisotopic (exact) mass is 344 g/mol. The second-order valence-corrected chi connectivity index (χ2v) is 10.3. The molecule has 1 saturated carbocycles. The summed E-state index contributed by atoms with van der Waals surface area (Å²) in [4.78, 5) is 18.0. The zero-order valence-electron chi connectivity index (χ0n) is 13.6. The van der Waals surface area contributed by atoms with E-state index in [1.165, 1.54) is 18.7 Å².